The second-order valence-corrected chi connectivity index (χ2v) is 5.66. The summed E-state index contributed by atoms with van der Waals surface area (Å²) in [6.45, 7) is 4.17. The van der Waals surface area contributed by atoms with Gasteiger partial charge in [-0.15, -0.1) is 0 Å². The van der Waals surface area contributed by atoms with Crippen LogP contribution in [0.4, 0.5) is 0 Å². The maximum absolute atomic E-state index is 9.97. The number of benzene rings is 1. The van der Waals surface area contributed by atoms with Gasteiger partial charge in [-0.25, -0.2) is 0 Å². The van der Waals surface area contributed by atoms with Crippen LogP contribution < -0.4 is 4.74 Å². The molecule has 4 heteroatoms. The highest BCUT2D eigenvalue weighted by atomic mass is 16.5. The van der Waals surface area contributed by atoms with E-state index in [1.807, 2.05) is 30.3 Å². The first-order valence-electron chi connectivity index (χ1n) is 7.43. The highest BCUT2D eigenvalue weighted by Crippen LogP contribution is 2.25. The fraction of sp³-hybridized carbons (Fsp3) is 0.562. The Balaban J connectivity index is 1.46. The van der Waals surface area contributed by atoms with Crippen LogP contribution in [-0.2, 0) is 0 Å². The zero-order valence-electron chi connectivity index (χ0n) is 11.7. The molecule has 0 spiro atoms. The highest BCUT2D eigenvalue weighted by Gasteiger charge is 2.30. The monoisotopic (exact) mass is 274 g/mol. The maximum atomic E-state index is 9.97. The van der Waals surface area contributed by atoms with Crippen molar-refractivity contribution in [3.63, 3.8) is 0 Å². The summed E-state index contributed by atoms with van der Waals surface area (Å²) >= 11 is 0. The topological polar surface area (TPSA) is 45.1 Å². The van der Waals surface area contributed by atoms with Crippen LogP contribution in [0.15, 0.2) is 35.3 Å². The maximum Gasteiger partial charge on any atom is 0.119 e. The molecule has 0 aromatic heterocycles. The SMILES string of the molecule is OC(CN=C1CN2CCC1CC2)COc1ccccc1. The van der Waals surface area contributed by atoms with Crippen molar-refractivity contribution >= 4 is 5.71 Å². The van der Waals surface area contributed by atoms with E-state index in [4.69, 9.17) is 4.74 Å². The van der Waals surface area contributed by atoms with E-state index in [1.165, 1.54) is 31.6 Å². The largest absolute Gasteiger partial charge is 0.491 e. The van der Waals surface area contributed by atoms with E-state index in [0.717, 1.165) is 12.3 Å². The summed E-state index contributed by atoms with van der Waals surface area (Å²) in [7, 11) is 0. The smallest absolute Gasteiger partial charge is 0.119 e. The molecule has 0 amide bonds. The Kier molecular flexibility index (Phi) is 4.33. The van der Waals surface area contributed by atoms with Gasteiger partial charge in [-0.2, -0.15) is 0 Å². The summed E-state index contributed by atoms with van der Waals surface area (Å²) in [4.78, 5) is 7.07. The molecule has 1 atom stereocenters. The normalized spacial score (nSPS) is 28.6. The van der Waals surface area contributed by atoms with E-state index >= 15 is 0 Å². The first-order chi connectivity index (χ1) is 9.81. The Hall–Kier alpha value is -1.39. The van der Waals surface area contributed by atoms with Gasteiger partial charge in [-0.3, -0.25) is 9.89 Å². The molecule has 4 nitrogen and oxygen atoms in total. The minimum atomic E-state index is -0.529. The van der Waals surface area contributed by atoms with E-state index in [1.54, 1.807) is 0 Å². The average molecular weight is 274 g/mol. The van der Waals surface area contributed by atoms with Crippen molar-refractivity contribution in [3.05, 3.63) is 30.3 Å². The number of piperidine rings is 3. The van der Waals surface area contributed by atoms with Crippen molar-refractivity contribution in [2.75, 3.05) is 32.8 Å². The predicted molar refractivity (Wildman–Crippen MR) is 79.4 cm³/mol. The molecule has 0 saturated carbocycles. The molecule has 0 radical (unpaired) electrons. The predicted octanol–water partition coefficient (Wildman–Crippen LogP) is 1.59. The molecule has 0 aliphatic carbocycles. The van der Waals surface area contributed by atoms with Crippen LogP contribution in [0, 0.1) is 5.92 Å². The van der Waals surface area contributed by atoms with Crippen molar-refractivity contribution in [3.8, 4) is 5.75 Å². The summed E-state index contributed by atoms with van der Waals surface area (Å²) in [6, 6.07) is 9.59. The third-order valence-corrected chi connectivity index (χ3v) is 4.14. The zero-order chi connectivity index (χ0) is 13.8. The number of para-hydroxylation sites is 1. The average Bonchev–Trinajstić information content (AvgIpc) is 2.53. The molecule has 2 bridgehead atoms. The van der Waals surface area contributed by atoms with Crippen LogP contribution >= 0.6 is 0 Å². The third-order valence-electron chi connectivity index (χ3n) is 4.14. The number of ether oxygens (including phenoxy) is 1. The molecule has 1 N–H and O–H groups in total. The Morgan fingerprint density at radius 2 is 2.00 bits per heavy atom. The molecule has 1 unspecified atom stereocenters. The Morgan fingerprint density at radius 1 is 1.25 bits per heavy atom. The number of hydrogen-bond acceptors (Lipinski definition) is 4. The molecule has 3 aliphatic rings. The molecule has 108 valence electrons. The molecule has 3 saturated heterocycles. The van der Waals surface area contributed by atoms with E-state index < -0.39 is 6.10 Å². The van der Waals surface area contributed by atoms with Crippen LogP contribution in [0.3, 0.4) is 0 Å². The van der Waals surface area contributed by atoms with E-state index in [9.17, 15) is 5.11 Å². The van der Waals surface area contributed by atoms with Gasteiger partial charge in [-0.05, 0) is 38.1 Å². The highest BCUT2D eigenvalue weighted by molar-refractivity contribution is 5.90. The summed E-state index contributed by atoms with van der Waals surface area (Å²) < 4.78 is 5.54. The van der Waals surface area contributed by atoms with Crippen molar-refractivity contribution in [1.29, 1.82) is 0 Å². The summed E-state index contributed by atoms with van der Waals surface area (Å²) in [5.41, 5.74) is 1.28. The van der Waals surface area contributed by atoms with E-state index in [-0.39, 0.29) is 0 Å². The number of rotatable bonds is 5. The van der Waals surface area contributed by atoms with Crippen LogP contribution in [0.25, 0.3) is 0 Å². The first-order valence-corrected chi connectivity index (χ1v) is 7.43. The fourth-order valence-electron chi connectivity index (χ4n) is 2.95. The number of aliphatic hydroxyl groups excluding tert-OH is 1. The summed E-state index contributed by atoms with van der Waals surface area (Å²) in [6.07, 6.45) is 1.93. The first kappa shape index (κ1) is 13.6. The molecular formula is C16H22N2O2. The van der Waals surface area contributed by atoms with Crippen molar-refractivity contribution in [2.24, 2.45) is 10.9 Å². The Morgan fingerprint density at radius 3 is 2.65 bits per heavy atom. The number of aliphatic imine (C=N–C) groups is 1. The minimum absolute atomic E-state index is 0.301. The van der Waals surface area contributed by atoms with Gasteiger partial charge in [0.2, 0.25) is 0 Å². The Labute approximate surface area is 120 Å². The van der Waals surface area contributed by atoms with Gasteiger partial charge < -0.3 is 9.84 Å². The second kappa shape index (κ2) is 6.37. The number of fused-ring (bicyclic) bond motifs is 3. The van der Waals surface area contributed by atoms with Gasteiger partial charge >= 0.3 is 0 Å². The van der Waals surface area contributed by atoms with E-state index in [0.29, 0.717) is 19.1 Å². The number of nitrogens with zero attached hydrogens (tertiary/aromatic N) is 2. The van der Waals surface area contributed by atoms with Crippen LogP contribution in [0.2, 0.25) is 0 Å². The van der Waals surface area contributed by atoms with Crippen molar-refractivity contribution in [1.82, 2.24) is 4.90 Å². The van der Waals surface area contributed by atoms with Gasteiger partial charge in [-0.1, -0.05) is 18.2 Å². The van der Waals surface area contributed by atoms with Gasteiger partial charge in [0.05, 0.1) is 6.54 Å². The second-order valence-electron chi connectivity index (χ2n) is 5.66. The molecule has 3 heterocycles. The molecule has 20 heavy (non-hydrogen) atoms. The third kappa shape index (κ3) is 3.38. The Bertz CT molecular complexity index is 453. The van der Waals surface area contributed by atoms with E-state index in [2.05, 4.69) is 9.89 Å². The summed E-state index contributed by atoms with van der Waals surface area (Å²) in [5.74, 6) is 1.45. The van der Waals surface area contributed by atoms with Gasteiger partial charge in [0, 0.05) is 18.2 Å². The molecule has 4 rings (SSSR count). The lowest BCUT2D eigenvalue weighted by Crippen LogP contribution is -2.48. The lowest BCUT2D eigenvalue weighted by molar-refractivity contribution is 0.114. The summed E-state index contributed by atoms with van der Waals surface area (Å²) in [5, 5.41) is 9.97. The molecule has 1 aromatic carbocycles. The van der Waals surface area contributed by atoms with Crippen LogP contribution in [0.5, 0.6) is 5.75 Å². The minimum Gasteiger partial charge on any atom is -0.491 e. The molecule has 3 fully saturated rings. The van der Waals surface area contributed by atoms with Crippen molar-refractivity contribution in [2.45, 2.75) is 18.9 Å². The fourth-order valence-corrected chi connectivity index (χ4v) is 2.95. The zero-order valence-corrected chi connectivity index (χ0v) is 11.7. The van der Waals surface area contributed by atoms with Gasteiger partial charge in [0.1, 0.15) is 18.5 Å². The van der Waals surface area contributed by atoms with Gasteiger partial charge in [0.25, 0.3) is 0 Å². The van der Waals surface area contributed by atoms with Crippen LogP contribution in [-0.4, -0.2) is 54.6 Å². The number of aliphatic hydroxyl groups is 1. The van der Waals surface area contributed by atoms with Crippen LogP contribution in [0.1, 0.15) is 12.8 Å². The molecule has 3 aliphatic heterocycles. The lowest BCUT2D eigenvalue weighted by atomic mass is 9.86. The molecule has 1 aromatic rings. The lowest BCUT2D eigenvalue weighted by Gasteiger charge is -2.40. The quantitative estimate of drug-likeness (QED) is 0.887. The van der Waals surface area contributed by atoms with Crippen molar-refractivity contribution < 1.29 is 9.84 Å². The standard InChI is InChI=1S/C16H22N2O2/c19-14(12-20-15-4-2-1-3-5-15)10-17-16-11-18-8-6-13(16)7-9-18/h1-5,13-14,19H,6-12H2. The molecular weight excluding hydrogens is 252 g/mol. The number of hydrogen-bond donors (Lipinski definition) is 1. The van der Waals surface area contributed by atoms with Gasteiger partial charge in [0.15, 0.2) is 0 Å².